The zero-order chi connectivity index (χ0) is 11.0. The topological polar surface area (TPSA) is 30.2 Å². The minimum absolute atomic E-state index is 0.0389. The van der Waals surface area contributed by atoms with Crippen LogP contribution >= 0.6 is 0 Å². The van der Waals surface area contributed by atoms with Gasteiger partial charge in [0, 0.05) is 12.0 Å². The molecule has 0 aliphatic rings. The van der Waals surface area contributed by atoms with E-state index in [1.54, 1.807) is 13.0 Å². The standard InChI is InChI=1S/C12H11FO2/c1-7-6-15-12-9(5-8(2)14)3-4-10(13)11(7)12/h3-4,6H,5H2,1-2H3. The molecule has 0 fully saturated rings. The first kappa shape index (κ1) is 9.90. The molecule has 0 atom stereocenters. The second-order valence-corrected chi connectivity index (χ2v) is 3.71. The van der Waals surface area contributed by atoms with Gasteiger partial charge in [0.05, 0.1) is 11.6 Å². The Bertz CT molecular complexity index is 526. The number of carbonyl (C=O) groups is 1. The van der Waals surface area contributed by atoms with Crippen LogP contribution in [-0.2, 0) is 11.2 Å². The summed E-state index contributed by atoms with van der Waals surface area (Å²) >= 11 is 0. The molecule has 0 amide bonds. The van der Waals surface area contributed by atoms with E-state index in [2.05, 4.69) is 0 Å². The number of halogens is 1. The van der Waals surface area contributed by atoms with Gasteiger partial charge in [0.1, 0.15) is 17.2 Å². The van der Waals surface area contributed by atoms with Crippen molar-refractivity contribution >= 4 is 16.8 Å². The molecule has 1 aromatic heterocycles. The Labute approximate surface area is 86.7 Å². The lowest BCUT2D eigenvalue weighted by atomic mass is 10.1. The number of benzene rings is 1. The Morgan fingerprint density at radius 3 is 2.87 bits per heavy atom. The summed E-state index contributed by atoms with van der Waals surface area (Å²) in [5, 5.41) is 0.480. The van der Waals surface area contributed by atoms with E-state index in [1.165, 1.54) is 19.3 Å². The second kappa shape index (κ2) is 3.50. The zero-order valence-corrected chi connectivity index (χ0v) is 8.63. The van der Waals surface area contributed by atoms with Crippen molar-refractivity contribution in [1.29, 1.82) is 0 Å². The van der Waals surface area contributed by atoms with E-state index in [4.69, 9.17) is 4.42 Å². The van der Waals surface area contributed by atoms with Crippen LogP contribution in [0.1, 0.15) is 18.1 Å². The summed E-state index contributed by atoms with van der Waals surface area (Å²) in [6.45, 7) is 3.29. The highest BCUT2D eigenvalue weighted by atomic mass is 19.1. The van der Waals surface area contributed by atoms with Crippen molar-refractivity contribution in [3.8, 4) is 0 Å². The maximum Gasteiger partial charge on any atom is 0.140 e. The molecular formula is C12H11FO2. The summed E-state index contributed by atoms with van der Waals surface area (Å²) in [6, 6.07) is 2.98. The number of rotatable bonds is 2. The highest BCUT2D eigenvalue weighted by molar-refractivity contribution is 5.88. The monoisotopic (exact) mass is 206 g/mol. The van der Waals surface area contributed by atoms with Gasteiger partial charge in [-0.05, 0) is 25.5 Å². The fraction of sp³-hybridized carbons (Fsp3) is 0.250. The minimum atomic E-state index is -0.302. The Morgan fingerprint density at radius 2 is 2.20 bits per heavy atom. The summed E-state index contributed by atoms with van der Waals surface area (Å²) in [7, 11) is 0. The van der Waals surface area contributed by atoms with Crippen LogP contribution in [-0.4, -0.2) is 5.78 Å². The average molecular weight is 206 g/mol. The van der Waals surface area contributed by atoms with Gasteiger partial charge in [-0.15, -0.1) is 0 Å². The SMILES string of the molecule is CC(=O)Cc1ccc(F)c2c(C)coc12. The number of ketones is 1. The summed E-state index contributed by atoms with van der Waals surface area (Å²) in [5.74, 6) is -0.263. The molecule has 15 heavy (non-hydrogen) atoms. The van der Waals surface area contributed by atoms with Crippen LogP contribution in [0.5, 0.6) is 0 Å². The first-order valence-electron chi connectivity index (χ1n) is 4.74. The second-order valence-electron chi connectivity index (χ2n) is 3.71. The van der Waals surface area contributed by atoms with Crippen molar-refractivity contribution in [3.05, 3.63) is 35.3 Å². The molecule has 0 saturated carbocycles. The van der Waals surface area contributed by atoms with Gasteiger partial charge < -0.3 is 4.42 Å². The van der Waals surface area contributed by atoms with Crippen LogP contribution in [0.25, 0.3) is 11.0 Å². The molecule has 0 radical (unpaired) electrons. The number of carbonyl (C=O) groups excluding carboxylic acids is 1. The molecule has 0 aliphatic carbocycles. The molecule has 0 saturated heterocycles. The molecule has 1 aromatic carbocycles. The summed E-state index contributed by atoms with van der Waals surface area (Å²) in [6.07, 6.45) is 1.79. The van der Waals surface area contributed by atoms with Crippen molar-refractivity contribution in [3.63, 3.8) is 0 Å². The number of fused-ring (bicyclic) bond motifs is 1. The lowest BCUT2D eigenvalue weighted by Crippen LogP contribution is -1.97. The van der Waals surface area contributed by atoms with Crippen LogP contribution in [0.15, 0.2) is 22.8 Å². The highest BCUT2D eigenvalue weighted by Gasteiger charge is 2.12. The van der Waals surface area contributed by atoms with Crippen molar-refractivity contribution in [1.82, 2.24) is 0 Å². The number of furan rings is 1. The van der Waals surface area contributed by atoms with Crippen LogP contribution in [0.4, 0.5) is 4.39 Å². The van der Waals surface area contributed by atoms with E-state index >= 15 is 0 Å². The van der Waals surface area contributed by atoms with E-state index in [1.807, 2.05) is 0 Å². The molecule has 2 aromatic rings. The molecule has 2 rings (SSSR count). The van der Waals surface area contributed by atoms with Crippen LogP contribution in [0.2, 0.25) is 0 Å². The van der Waals surface area contributed by atoms with Crippen molar-refractivity contribution in [2.24, 2.45) is 0 Å². The Morgan fingerprint density at radius 1 is 1.47 bits per heavy atom. The minimum Gasteiger partial charge on any atom is -0.464 e. The van der Waals surface area contributed by atoms with Gasteiger partial charge in [-0.1, -0.05) is 6.07 Å². The van der Waals surface area contributed by atoms with Crippen LogP contribution in [0, 0.1) is 12.7 Å². The van der Waals surface area contributed by atoms with Gasteiger partial charge >= 0.3 is 0 Å². The molecule has 0 N–H and O–H groups in total. The predicted molar refractivity (Wildman–Crippen MR) is 55.3 cm³/mol. The van der Waals surface area contributed by atoms with Crippen molar-refractivity contribution in [2.45, 2.75) is 20.3 Å². The van der Waals surface area contributed by atoms with Gasteiger partial charge in [-0.25, -0.2) is 4.39 Å². The fourth-order valence-electron chi connectivity index (χ4n) is 1.72. The third-order valence-corrected chi connectivity index (χ3v) is 2.38. The van der Waals surface area contributed by atoms with E-state index in [9.17, 15) is 9.18 Å². The molecule has 0 aliphatic heterocycles. The van der Waals surface area contributed by atoms with E-state index in [0.29, 0.717) is 11.0 Å². The average Bonchev–Trinajstić information content (AvgIpc) is 2.53. The highest BCUT2D eigenvalue weighted by Crippen LogP contribution is 2.27. The maximum atomic E-state index is 13.5. The van der Waals surface area contributed by atoms with Crippen molar-refractivity contribution in [2.75, 3.05) is 0 Å². The lowest BCUT2D eigenvalue weighted by Gasteiger charge is -2.00. The lowest BCUT2D eigenvalue weighted by molar-refractivity contribution is -0.116. The van der Waals surface area contributed by atoms with Gasteiger partial charge in [-0.3, -0.25) is 4.79 Å². The quantitative estimate of drug-likeness (QED) is 0.756. The fourth-order valence-corrected chi connectivity index (χ4v) is 1.72. The summed E-state index contributed by atoms with van der Waals surface area (Å²) in [5.41, 5.74) is 1.99. The van der Waals surface area contributed by atoms with Gasteiger partial charge in [0.2, 0.25) is 0 Å². The maximum absolute atomic E-state index is 13.5. The third-order valence-electron chi connectivity index (χ3n) is 2.38. The van der Waals surface area contributed by atoms with Crippen LogP contribution in [0.3, 0.4) is 0 Å². The molecule has 2 nitrogen and oxygen atoms in total. The first-order valence-corrected chi connectivity index (χ1v) is 4.74. The third kappa shape index (κ3) is 1.65. The Kier molecular flexibility index (Phi) is 2.31. The van der Waals surface area contributed by atoms with E-state index in [-0.39, 0.29) is 18.0 Å². The van der Waals surface area contributed by atoms with Crippen LogP contribution < -0.4 is 0 Å². The number of Topliss-reactive ketones (excluding diaryl/α,β-unsaturated/α-hetero) is 1. The normalized spacial score (nSPS) is 10.9. The number of hydrogen-bond acceptors (Lipinski definition) is 2. The van der Waals surface area contributed by atoms with Gasteiger partial charge in [0.15, 0.2) is 0 Å². The largest absolute Gasteiger partial charge is 0.464 e. The molecule has 78 valence electrons. The smallest absolute Gasteiger partial charge is 0.140 e. The molecule has 3 heteroatoms. The molecule has 0 spiro atoms. The Balaban J connectivity index is 2.67. The summed E-state index contributed by atoms with van der Waals surface area (Å²) < 4.78 is 18.7. The molecule has 0 bridgehead atoms. The number of aryl methyl sites for hydroxylation is 1. The summed E-state index contributed by atoms with van der Waals surface area (Å²) in [4.78, 5) is 11.0. The first-order chi connectivity index (χ1) is 7.09. The van der Waals surface area contributed by atoms with E-state index < -0.39 is 0 Å². The number of hydrogen-bond donors (Lipinski definition) is 0. The molecular weight excluding hydrogens is 195 g/mol. The zero-order valence-electron chi connectivity index (χ0n) is 8.63. The molecule has 1 heterocycles. The van der Waals surface area contributed by atoms with Crippen molar-refractivity contribution < 1.29 is 13.6 Å². The molecule has 0 unspecified atom stereocenters. The Hall–Kier alpha value is -1.64. The van der Waals surface area contributed by atoms with E-state index in [0.717, 1.165) is 11.1 Å². The predicted octanol–water partition coefficient (Wildman–Crippen LogP) is 3.01. The van der Waals surface area contributed by atoms with Gasteiger partial charge in [0.25, 0.3) is 0 Å². The van der Waals surface area contributed by atoms with Gasteiger partial charge in [-0.2, -0.15) is 0 Å².